The molecule has 1 aromatic carbocycles. The van der Waals surface area contributed by atoms with Crippen LogP contribution in [0.25, 0.3) is 17.1 Å². The number of aromatic nitrogens is 3. The number of halogens is 6. The molecule has 0 fully saturated rings. The maximum atomic E-state index is 13.8. The molecule has 0 saturated heterocycles. The van der Waals surface area contributed by atoms with Crippen LogP contribution in [-0.4, -0.2) is 39.8 Å². The Balaban J connectivity index is 2.24. The van der Waals surface area contributed by atoms with Crippen molar-refractivity contribution in [2.75, 3.05) is 0 Å². The summed E-state index contributed by atoms with van der Waals surface area (Å²) in [4.78, 5) is 15.5. The van der Waals surface area contributed by atoms with Gasteiger partial charge in [0.2, 0.25) is 0 Å². The molecule has 3 aromatic rings. The summed E-state index contributed by atoms with van der Waals surface area (Å²) in [5.41, 5.74) is -9.32. The predicted molar refractivity (Wildman–Crippen MR) is 108 cm³/mol. The zero-order valence-corrected chi connectivity index (χ0v) is 18.6. The molecule has 2 aromatic heterocycles. The largest absolute Gasteiger partial charge is 0.534 e. The lowest BCUT2D eigenvalue weighted by Gasteiger charge is -2.16. The van der Waals surface area contributed by atoms with Gasteiger partial charge in [0, 0.05) is 5.56 Å². The number of alkyl halides is 6. The van der Waals surface area contributed by atoms with Crippen molar-refractivity contribution in [3.05, 3.63) is 58.9 Å². The molecule has 0 spiro atoms. The smallest absolute Gasteiger partial charge is 0.478 e. The normalized spacial score (nSPS) is 12.6. The van der Waals surface area contributed by atoms with Gasteiger partial charge in [-0.3, -0.25) is 0 Å². The van der Waals surface area contributed by atoms with Crippen LogP contribution in [0.5, 0.6) is 5.75 Å². The number of hydrogen-bond donors (Lipinski definition) is 1. The summed E-state index contributed by atoms with van der Waals surface area (Å²) in [6.45, 7) is 2.66. The van der Waals surface area contributed by atoms with Crippen molar-refractivity contribution >= 4 is 16.1 Å². The van der Waals surface area contributed by atoms with E-state index < -0.39 is 50.6 Å². The standard InChI is InChI=1S/C20H15F6N3O5S/c1-3-12-15(18(30)31)17(19(21,22)23)29(28-12)14-9-5-8-13(27-14)11-7-4-6-10(2)16(11)34-35(32,33)20(24,25)26/h4-9H,3H2,1-2H3,(H,30,31). The topological polar surface area (TPSA) is 111 Å². The molecule has 188 valence electrons. The first kappa shape index (κ1) is 26.0. The zero-order valence-electron chi connectivity index (χ0n) is 17.8. The van der Waals surface area contributed by atoms with E-state index in [9.17, 15) is 44.7 Å². The van der Waals surface area contributed by atoms with Crippen LogP contribution in [0.3, 0.4) is 0 Å². The van der Waals surface area contributed by atoms with Crippen molar-refractivity contribution < 1.29 is 48.8 Å². The van der Waals surface area contributed by atoms with Crippen LogP contribution in [0.4, 0.5) is 26.3 Å². The minimum atomic E-state index is -6.07. The highest BCUT2D eigenvalue weighted by Crippen LogP contribution is 2.38. The summed E-state index contributed by atoms with van der Waals surface area (Å²) in [6.07, 6.45) is -5.30. The van der Waals surface area contributed by atoms with E-state index >= 15 is 0 Å². The Labute approximate surface area is 193 Å². The number of pyridine rings is 1. The summed E-state index contributed by atoms with van der Waals surface area (Å²) in [5, 5.41) is 13.1. The van der Waals surface area contributed by atoms with Gasteiger partial charge in [-0.25, -0.2) is 14.5 Å². The molecule has 15 heteroatoms. The van der Waals surface area contributed by atoms with Gasteiger partial charge in [0.25, 0.3) is 0 Å². The lowest BCUT2D eigenvalue weighted by molar-refractivity contribution is -0.143. The van der Waals surface area contributed by atoms with Gasteiger partial charge < -0.3 is 9.29 Å². The average Bonchev–Trinajstić information content (AvgIpc) is 3.15. The van der Waals surface area contributed by atoms with Crippen LogP contribution in [0.15, 0.2) is 36.4 Å². The molecule has 0 saturated carbocycles. The second kappa shape index (κ2) is 8.87. The maximum absolute atomic E-state index is 13.8. The molecule has 0 bridgehead atoms. The van der Waals surface area contributed by atoms with E-state index in [2.05, 4.69) is 14.3 Å². The van der Waals surface area contributed by atoms with Gasteiger partial charge in [0.05, 0.1) is 11.4 Å². The Kier molecular flexibility index (Phi) is 6.59. The van der Waals surface area contributed by atoms with Crippen LogP contribution >= 0.6 is 0 Å². The second-order valence-electron chi connectivity index (χ2n) is 7.05. The first-order chi connectivity index (χ1) is 16.1. The van der Waals surface area contributed by atoms with Gasteiger partial charge in [0.15, 0.2) is 17.3 Å². The van der Waals surface area contributed by atoms with E-state index in [1.54, 1.807) is 0 Å². The Hall–Kier alpha value is -3.62. The fourth-order valence-corrected chi connectivity index (χ4v) is 3.71. The van der Waals surface area contributed by atoms with Crippen molar-refractivity contribution in [1.29, 1.82) is 0 Å². The third-order valence-electron chi connectivity index (χ3n) is 4.69. The number of carboxylic acid groups (broad SMARTS) is 1. The fourth-order valence-electron chi connectivity index (χ4n) is 3.18. The van der Waals surface area contributed by atoms with Crippen LogP contribution < -0.4 is 4.18 Å². The molecule has 0 radical (unpaired) electrons. The molecular weight excluding hydrogens is 508 g/mol. The maximum Gasteiger partial charge on any atom is 0.534 e. The molecular formula is C20H15F6N3O5S. The second-order valence-corrected chi connectivity index (χ2v) is 8.59. The highest BCUT2D eigenvalue weighted by atomic mass is 32.2. The number of aryl methyl sites for hydroxylation is 2. The van der Waals surface area contributed by atoms with Crippen molar-refractivity contribution in [2.24, 2.45) is 0 Å². The summed E-state index contributed by atoms with van der Waals surface area (Å²) >= 11 is 0. The summed E-state index contributed by atoms with van der Waals surface area (Å²) < 4.78 is 108. The number of rotatable bonds is 6. The van der Waals surface area contributed by atoms with Crippen molar-refractivity contribution in [3.8, 4) is 22.8 Å². The first-order valence-electron chi connectivity index (χ1n) is 9.59. The Bertz CT molecular complexity index is 1400. The van der Waals surface area contributed by atoms with Crippen molar-refractivity contribution in [2.45, 2.75) is 32.0 Å². The number of benzene rings is 1. The number of carbonyl (C=O) groups is 1. The van der Waals surface area contributed by atoms with Gasteiger partial charge >= 0.3 is 27.8 Å². The van der Waals surface area contributed by atoms with Crippen LogP contribution in [-0.2, 0) is 22.7 Å². The predicted octanol–water partition coefficient (Wildman–Crippen LogP) is 4.75. The molecule has 0 aliphatic carbocycles. The van der Waals surface area contributed by atoms with E-state index in [0.717, 1.165) is 12.1 Å². The van der Waals surface area contributed by atoms with Gasteiger partial charge in [-0.05, 0) is 37.1 Å². The Morgan fingerprint density at radius 2 is 1.71 bits per heavy atom. The minimum Gasteiger partial charge on any atom is -0.478 e. The van der Waals surface area contributed by atoms with E-state index in [1.807, 2.05) is 0 Å². The van der Waals surface area contributed by atoms with E-state index in [4.69, 9.17) is 0 Å². The highest BCUT2D eigenvalue weighted by molar-refractivity contribution is 7.88. The average molecular weight is 523 g/mol. The number of nitrogens with zero attached hydrogens (tertiary/aromatic N) is 3. The zero-order chi connectivity index (χ0) is 26.3. The lowest BCUT2D eigenvalue weighted by Crippen LogP contribution is -2.28. The molecule has 35 heavy (non-hydrogen) atoms. The molecule has 2 heterocycles. The molecule has 3 rings (SSSR count). The van der Waals surface area contributed by atoms with Gasteiger partial charge in [-0.2, -0.15) is 39.9 Å². The van der Waals surface area contributed by atoms with Crippen LogP contribution in [0, 0.1) is 6.92 Å². The number of carboxylic acids is 1. The number of para-hydroxylation sites is 1. The Morgan fingerprint density at radius 3 is 2.26 bits per heavy atom. The lowest BCUT2D eigenvalue weighted by atomic mass is 10.1. The molecule has 8 nitrogen and oxygen atoms in total. The monoisotopic (exact) mass is 523 g/mol. The van der Waals surface area contributed by atoms with E-state index in [0.29, 0.717) is 0 Å². The van der Waals surface area contributed by atoms with Gasteiger partial charge in [-0.1, -0.05) is 25.1 Å². The molecule has 0 atom stereocenters. The summed E-state index contributed by atoms with van der Waals surface area (Å²) in [7, 11) is -6.07. The van der Waals surface area contributed by atoms with E-state index in [-0.39, 0.29) is 33.6 Å². The van der Waals surface area contributed by atoms with Gasteiger partial charge in [0.1, 0.15) is 5.56 Å². The van der Waals surface area contributed by atoms with Crippen LogP contribution in [0.2, 0.25) is 0 Å². The summed E-state index contributed by atoms with van der Waals surface area (Å²) in [6, 6.07) is 7.22. The third kappa shape index (κ3) is 4.94. The molecule has 1 N–H and O–H groups in total. The number of aromatic carboxylic acids is 1. The van der Waals surface area contributed by atoms with Crippen molar-refractivity contribution in [3.63, 3.8) is 0 Å². The minimum absolute atomic E-state index is 0.0287. The first-order valence-corrected chi connectivity index (χ1v) is 11.0. The molecule has 0 amide bonds. The van der Waals surface area contributed by atoms with Gasteiger partial charge in [-0.15, -0.1) is 0 Å². The SMILES string of the molecule is CCc1nn(-c2cccc(-c3cccc(C)c3OS(=O)(=O)C(F)(F)F)n2)c(C(F)(F)F)c1C(=O)O. The van der Waals surface area contributed by atoms with Crippen molar-refractivity contribution in [1.82, 2.24) is 14.8 Å². The molecule has 0 unspecified atom stereocenters. The van der Waals surface area contributed by atoms with Crippen LogP contribution in [0.1, 0.15) is 34.2 Å². The quantitative estimate of drug-likeness (QED) is 0.282. The molecule has 0 aliphatic heterocycles. The van der Waals surface area contributed by atoms with E-state index in [1.165, 1.54) is 38.1 Å². The summed E-state index contributed by atoms with van der Waals surface area (Å²) in [5.74, 6) is -3.10. The third-order valence-corrected chi connectivity index (χ3v) is 5.64. The highest BCUT2D eigenvalue weighted by Gasteiger charge is 2.49. The number of hydrogen-bond acceptors (Lipinski definition) is 6. The Morgan fingerprint density at radius 1 is 1.09 bits per heavy atom. The fraction of sp³-hybridized carbons (Fsp3) is 0.250. The molecule has 0 aliphatic rings.